The summed E-state index contributed by atoms with van der Waals surface area (Å²) in [6.45, 7) is 0.699. The van der Waals surface area contributed by atoms with Gasteiger partial charge in [0.15, 0.2) is 0 Å². The van der Waals surface area contributed by atoms with Crippen LogP contribution in [0.3, 0.4) is 0 Å². The summed E-state index contributed by atoms with van der Waals surface area (Å²) in [4.78, 5) is 14.3. The lowest BCUT2D eigenvalue weighted by molar-refractivity contribution is 0.244. The summed E-state index contributed by atoms with van der Waals surface area (Å²) in [6, 6.07) is 18.3. The van der Waals surface area contributed by atoms with Crippen molar-refractivity contribution in [2.75, 3.05) is 26.0 Å². The van der Waals surface area contributed by atoms with Crippen LogP contribution in [0.25, 0.3) is 0 Å². The summed E-state index contributed by atoms with van der Waals surface area (Å²) in [6.07, 6.45) is 0. The van der Waals surface area contributed by atoms with Gasteiger partial charge in [0.05, 0.1) is 17.7 Å². The Bertz CT molecular complexity index is 674. The molecular formula is C18H20N4O. The highest BCUT2D eigenvalue weighted by atomic mass is 16.2. The van der Waals surface area contributed by atoms with E-state index >= 15 is 0 Å². The monoisotopic (exact) mass is 308 g/mol. The Labute approximate surface area is 136 Å². The second-order valence-electron chi connectivity index (χ2n) is 5.51. The van der Waals surface area contributed by atoms with Gasteiger partial charge in [-0.3, -0.25) is 0 Å². The van der Waals surface area contributed by atoms with Crippen LogP contribution in [-0.2, 0) is 0 Å². The molecule has 2 amide bonds. The highest BCUT2D eigenvalue weighted by molar-refractivity contribution is 5.89. The van der Waals surface area contributed by atoms with Crippen molar-refractivity contribution in [2.24, 2.45) is 0 Å². The highest BCUT2D eigenvalue weighted by Gasteiger charge is 2.15. The highest BCUT2D eigenvalue weighted by Crippen LogP contribution is 2.14. The van der Waals surface area contributed by atoms with Crippen LogP contribution in [0.15, 0.2) is 54.6 Å². The van der Waals surface area contributed by atoms with Gasteiger partial charge in [-0.2, -0.15) is 5.26 Å². The van der Waals surface area contributed by atoms with Crippen molar-refractivity contribution in [3.05, 3.63) is 65.7 Å². The number of hydrogen-bond donors (Lipinski definition) is 2. The van der Waals surface area contributed by atoms with E-state index in [0.29, 0.717) is 17.8 Å². The zero-order valence-corrected chi connectivity index (χ0v) is 13.3. The summed E-state index contributed by atoms with van der Waals surface area (Å²) in [5.41, 5.74) is 2.26. The lowest BCUT2D eigenvalue weighted by atomic mass is 10.1. The first-order valence-corrected chi connectivity index (χ1v) is 7.36. The van der Waals surface area contributed by atoms with Crippen LogP contribution < -0.4 is 10.6 Å². The third-order valence-electron chi connectivity index (χ3n) is 3.33. The third-order valence-corrected chi connectivity index (χ3v) is 3.33. The van der Waals surface area contributed by atoms with Crippen LogP contribution in [0.2, 0.25) is 0 Å². The number of carbonyl (C=O) groups is 1. The minimum absolute atomic E-state index is 0.107. The molecule has 0 spiro atoms. The molecule has 5 heteroatoms. The number of carbonyl (C=O) groups excluding carboxylic acids is 1. The first-order chi connectivity index (χ1) is 11.1. The number of anilines is 1. The Morgan fingerprint density at radius 2 is 1.78 bits per heavy atom. The molecule has 2 aromatic carbocycles. The molecule has 0 aromatic heterocycles. The van der Waals surface area contributed by atoms with Gasteiger partial charge in [0, 0.05) is 12.2 Å². The summed E-state index contributed by atoms with van der Waals surface area (Å²) < 4.78 is 0. The molecule has 0 saturated carbocycles. The van der Waals surface area contributed by atoms with E-state index in [0.717, 1.165) is 5.56 Å². The molecule has 2 aromatic rings. The van der Waals surface area contributed by atoms with E-state index in [2.05, 4.69) is 10.6 Å². The zero-order valence-electron chi connectivity index (χ0n) is 13.3. The number of rotatable bonds is 5. The van der Waals surface area contributed by atoms with E-state index < -0.39 is 0 Å². The van der Waals surface area contributed by atoms with Crippen molar-refractivity contribution >= 4 is 11.7 Å². The molecule has 2 N–H and O–H groups in total. The molecule has 0 aliphatic heterocycles. The van der Waals surface area contributed by atoms with E-state index in [1.54, 1.807) is 24.3 Å². The van der Waals surface area contributed by atoms with Gasteiger partial charge in [0.1, 0.15) is 0 Å². The Balaban J connectivity index is 2.03. The van der Waals surface area contributed by atoms with Crippen LogP contribution in [0.1, 0.15) is 17.2 Å². The molecule has 0 heterocycles. The standard InChI is InChI=1S/C18H20N4O/c1-22(2)13-17(15-6-4-3-5-7-15)21-18(23)20-16-10-8-14(12-19)9-11-16/h3-11,17H,13H2,1-2H3,(H2,20,21,23)/t17-/m1/s1. The Morgan fingerprint density at radius 1 is 1.13 bits per heavy atom. The molecule has 0 aliphatic carbocycles. The summed E-state index contributed by atoms with van der Waals surface area (Å²) in [5, 5.41) is 14.6. The molecule has 118 valence electrons. The second-order valence-corrected chi connectivity index (χ2v) is 5.51. The summed E-state index contributed by atoms with van der Waals surface area (Å²) >= 11 is 0. The number of nitrogens with zero attached hydrogens (tertiary/aromatic N) is 2. The molecule has 2 rings (SSSR count). The van der Waals surface area contributed by atoms with Crippen LogP contribution in [0, 0.1) is 11.3 Å². The number of amides is 2. The quantitative estimate of drug-likeness (QED) is 0.892. The van der Waals surface area contributed by atoms with Crippen molar-refractivity contribution in [3.63, 3.8) is 0 Å². The first kappa shape index (κ1) is 16.5. The molecule has 0 fully saturated rings. The van der Waals surface area contributed by atoms with Crippen molar-refractivity contribution in [1.29, 1.82) is 5.26 Å². The third kappa shape index (κ3) is 5.13. The number of hydrogen-bond acceptors (Lipinski definition) is 3. The van der Waals surface area contributed by atoms with Crippen molar-refractivity contribution in [3.8, 4) is 6.07 Å². The molecule has 1 atom stereocenters. The first-order valence-electron chi connectivity index (χ1n) is 7.36. The molecular weight excluding hydrogens is 288 g/mol. The number of urea groups is 1. The number of benzene rings is 2. The maximum absolute atomic E-state index is 12.2. The number of likely N-dealkylation sites (N-methyl/N-ethyl adjacent to an activating group) is 1. The van der Waals surface area contributed by atoms with Crippen molar-refractivity contribution < 1.29 is 4.79 Å². The fourth-order valence-corrected chi connectivity index (χ4v) is 2.24. The molecule has 0 unspecified atom stereocenters. The maximum atomic E-state index is 12.2. The van der Waals surface area contributed by atoms with Crippen LogP contribution in [0.5, 0.6) is 0 Å². The minimum atomic E-state index is -0.273. The van der Waals surface area contributed by atoms with Gasteiger partial charge in [-0.15, -0.1) is 0 Å². The molecule has 0 bridgehead atoms. The fourth-order valence-electron chi connectivity index (χ4n) is 2.24. The molecule has 23 heavy (non-hydrogen) atoms. The molecule has 0 saturated heterocycles. The maximum Gasteiger partial charge on any atom is 0.319 e. The van der Waals surface area contributed by atoms with E-state index in [1.807, 2.05) is 55.4 Å². The van der Waals surface area contributed by atoms with E-state index in [1.165, 1.54) is 0 Å². The zero-order chi connectivity index (χ0) is 16.7. The van der Waals surface area contributed by atoms with Gasteiger partial charge in [0.2, 0.25) is 0 Å². The Morgan fingerprint density at radius 3 is 2.35 bits per heavy atom. The predicted molar refractivity (Wildman–Crippen MR) is 91.0 cm³/mol. The molecule has 0 radical (unpaired) electrons. The average molecular weight is 308 g/mol. The lowest BCUT2D eigenvalue weighted by Gasteiger charge is -2.23. The van der Waals surface area contributed by atoms with Crippen LogP contribution >= 0.6 is 0 Å². The van der Waals surface area contributed by atoms with Crippen LogP contribution in [-0.4, -0.2) is 31.6 Å². The lowest BCUT2D eigenvalue weighted by Crippen LogP contribution is -2.37. The van der Waals surface area contributed by atoms with Gasteiger partial charge in [-0.25, -0.2) is 4.79 Å². The van der Waals surface area contributed by atoms with Crippen molar-refractivity contribution in [2.45, 2.75) is 6.04 Å². The number of nitrogens with one attached hydrogen (secondary N) is 2. The smallest absolute Gasteiger partial charge is 0.319 e. The largest absolute Gasteiger partial charge is 0.330 e. The Kier molecular flexibility index (Phi) is 5.73. The topological polar surface area (TPSA) is 68.2 Å². The predicted octanol–water partition coefficient (Wildman–Crippen LogP) is 2.98. The van der Waals surface area contributed by atoms with Gasteiger partial charge in [-0.05, 0) is 43.9 Å². The fraction of sp³-hybridized carbons (Fsp3) is 0.222. The van der Waals surface area contributed by atoms with E-state index in [4.69, 9.17) is 5.26 Å². The summed E-state index contributed by atoms with van der Waals surface area (Å²) in [7, 11) is 3.94. The van der Waals surface area contributed by atoms with Crippen LogP contribution in [0.4, 0.5) is 10.5 Å². The van der Waals surface area contributed by atoms with E-state index in [9.17, 15) is 4.79 Å². The van der Waals surface area contributed by atoms with Gasteiger partial charge in [0.25, 0.3) is 0 Å². The SMILES string of the molecule is CN(C)C[C@@H](NC(=O)Nc1ccc(C#N)cc1)c1ccccc1. The van der Waals surface area contributed by atoms with Gasteiger partial charge in [-0.1, -0.05) is 30.3 Å². The van der Waals surface area contributed by atoms with Gasteiger partial charge < -0.3 is 15.5 Å². The molecule has 0 aliphatic rings. The minimum Gasteiger partial charge on any atom is -0.330 e. The molecule has 5 nitrogen and oxygen atoms in total. The summed E-state index contributed by atoms with van der Waals surface area (Å²) in [5.74, 6) is 0. The normalized spacial score (nSPS) is 11.6. The van der Waals surface area contributed by atoms with Gasteiger partial charge >= 0.3 is 6.03 Å². The van der Waals surface area contributed by atoms with E-state index in [-0.39, 0.29) is 12.1 Å². The van der Waals surface area contributed by atoms with Crippen molar-refractivity contribution in [1.82, 2.24) is 10.2 Å². The average Bonchev–Trinajstić information content (AvgIpc) is 2.55. The number of nitriles is 1. The Hall–Kier alpha value is -2.84. The second kappa shape index (κ2) is 7.97.